The number of primary sulfonamides is 1. The number of hydrogen-bond donors (Lipinski definition) is 3. The van der Waals surface area contributed by atoms with E-state index in [0.717, 1.165) is 11.8 Å². The molecule has 2 aromatic rings. The molecule has 0 radical (unpaired) electrons. The topological polar surface area (TPSA) is 137 Å². The number of sulfonamides is 1. The molecule has 0 unspecified atom stereocenters. The minimum atomic E-state index is -3.85. The van der Waals surface area contributed by atoms with Crippen LogP contribution < -0.4 is 16.6 Å². The predicted molar refractivity (Wildman–Crippen MR) is 79.6 cm³/mol. The molecule has 8 nitrogen and oxygen atoms in total. The molecule has 21 heavy (non-hydrogen) atoms. The SMILES string of the molecule is CC(C)n1c(Sc2cc(N)cc(S(N)(=O)=O)c2)n[nH]c1=O. The number of rotatable bonds is 4. The minimum Gasteiger partial charge on any atom is -0.399 e. The summed E-state index contributed by atoms with van der Waals surface area (Å²) in [6.07, 6.45) is 0. The van der Waals surface area contributed by atoms with Crippen molar-refractivity contribution in [1.29, 1.82) is 0 Å². The number of aromatic nitrogens is 3. The van der Waals surface area contributed by atoms with Gasteiger partial charge < -0.3 is 5.73 Å². The van der Waals surface area contributed by atoms with Gasteiger partial charge in [-0.3, -0.25) is 4.57 Å². The molecule has 0 saturated carbocycles. The number of benzene rings is 1. The van der Waals surface area contributed by atoms with Crippen molar-refractivity contribution in [3.8, 4) is 0 Å². The molecular weight excluding hydrogens is 314 g/mol. The summed E-state index contributed by atoms with van der Waals surface area (Å²) in [5, 5.41) is 11.8. The van der Waals surface area contributed by atoms with E-state index < -0.39 is 10.0 Å². The van der Waals surface area contributed by atoms with Crippen LogP contribution in [0.1, 0.15) is 19.9 Å². The van der Waals surface area contributed by atoms with Crippen LogP contribution in [0.15, 0.2) is 37.9 Å². The number of aromatic amines is 1. The number of H-pyrrole nitrogens is 1. The molecule has 114 valence electrons. The van der Waals surface area contributed by atoms with E-state index >= 15 is 0 Å². The summed E-state index contributed by atoms with van der Waals surface area (Å²) in [6.45, 7) is 3.69. The standard InChI is InChI=1S/C11H15N5O3S2/c1-6(2)16-10(17)14-15-11(16)20-8-3-7(12)4-9(5-8)21(13,18)19/h3-6H,12H2,1-2H3,(H,14,17)(H2,13,18,19). The summed E-state index contributed by atoms with van der Waals surface area (Å²) >= 11 is 1.13. The van der Waals surface area contributed by atoms with E-state index in [1.54, 1.807) is 6.07 Å². The van der Waals surface area contributed by atoms with Crippen LogP contribution in [-0.2, 0) is 10.0 Å². The molecule has 5 N–H and O–H groups in total. The lowest BCUT2D eigenvalue weighted by Crippen LogP contribution is -2.19. The lowest BCUT2D eigenvalue weighted by Gasteiger charge is -2.09. The Balaban J connectivity index is 2.46. The van der Waals surface area contributed by atoms with Gasteiger partial charge in [-0.1, -0.05) is 0 Å². The third-order valence-corrected chi connectivity index (χ3v) is 4.46. The molecule has 0 bridgehead atoms. The Bertz CT molecular complexity index is 823. The average molecular weight is 329 g/mol. The van der Waals surface area contributed by atoms with E-state index in [1.165, 1.54) is 16.7 Å². The largest absolute Gasteiger partial charge is 0.399 e. The molecule has 0 amide bonds. The molecule has 0 atom stereocenters. The van der Waals surface area contributed by atoms with Gasteiger partial charge in [-0.05, 0) is 43.8 Å². The summed E-state index contributed by atoms with van der Waals surface area (Å²) in [5.74, 6) is 0. The maximum atomic E-state index is 11.7. The number of hydrogen-bond acceptors (Lipinski definition) is 6. The van der Waals surface area contributed by atoms with Gasteiger partial charge in [0.25, 0.3) is 0 Å². The Labute approximate surface area is 125 Å². The summed E-state index contributed by atoms with van der Waals surface area (Å²) in [4.78, 5) is 12.1. The number of nitrogens with one attached hydrogen (secondary N) is 1. The quantitative estimate of drug-likeness (QED) is 0.700. The van der Waals surface area contributed by atoms with Crippen molar-refractivity contribution >= 4 is 27.5 Å². The van der Waals surface area contributed by atoms with E-state index in [1.807, 2.05) is 13.8 Å². The summed E-state index contributed by atoms with van der Waals surface area (Å²) < 4.78 is 24.3. The monoisotopic (exact) mass is 329 g/mol. The molecular formula is C11H15N5O3S2. The second-order valence-corrected chi connectivity index (χ2v) is 7.26. The maximum absolute atomic E-state index is 11.7. The Kier molecular flexibility index (Phi) is 4.12. The van der Waals surface area contributed by atoms with E-state index in [2.05, 4.69) is 10.2 Å². The maximum Gasteiger partial charge on any atom is 0.344 e. The highest BCUT2D eigenvalue weighted by Crippen LogP contribution is 2.30. The summed E-state index contributed by atoms with van der Waals surface area (Å²) in [6, 6.07) is 4.17. The van der Waals surface area contributed by atoms with Crippen LogP contribution >= 0.6 is 11.8 Å². The second kappa shape index (κ2) is 5.54. The zero-order chi connectivity index (χ0) is 15.8. The van der Waals surface area contributed by atoms with Gasteiger partial charge in [0.1, 0.15) is 0 Å². The third kappa shape index (κ3) is 3.46. The van der Waals surface area contributed by atoms with E-state index in [4.69, 9.17) is 10.9 Å². The van der Waals surface area contributed by atoms with Gasteiger partial charge >= 0.3 is 5.69 Å². The van der Waals surface area contributed by atoms with Crippen LogP contribution in [0.25, 0.3) is 0 Å². The van der Waals surface area contributed by atoms with Crippen molar-refractivity contribution in [3.63, 3.8) is 0 Å². The normalized spacial score (nSPS) is 12.0. The van der Waals surface area contributed by atoms with Crippen molar-refractivity contribution < 1.29 is 8.42 Å². The fourth-order valence-electron chi connectivity index (χ4n) is 1.74. The van der Waals surface area contributed by atoms with Gasteiger partial charge in [-0.25, -0.2) is 23.4 Å². The summed E-state index contributed by atoms with van der Waals surface area (Å²) in [7, 11) is -3.85. The third-order valence-electron chi connectivity index (χ3n) is 2.63. The molecule has 0 fully saturated rings. The zero-order valence-electron chi connectivity index (χ0n) is 11.4. The molecule has 10 heteroatoms. The minimum absolute atomic E-state index is 0.0843. The Morgan fingerprint density at radius 2 is 2.00 bits per heavy atom. The summed E-state index contributed by atoms with van der Waals surface area (Å²) in [5.41, 5.74) is 5.61. The van der Waals surface area contributed by atoms with E-state index in [9.17, 15) is 13.2 Å². The molecule has 0 aliphatic carbocycles. The van der Waals surface area contributed by atoms with Crippen LogP contribution in [-0.4, -0.2) is 23.2 Å². The highest BCUT2D eigenvalue weighted by atomic mass is 32.2. The molecule has 0 saturated heterocycles. The molecule has 2 rings (SSSR count). The van der Waals surface area contributed by atoms with Crippen LogP contribution in [0, 0.1) is 0 Å². The first-order valence-electron chi connectivity index (χ1n) is 5.96. The number of anilines is 1. The number of nitrogen functional groups attached to an aromatic ring is 1. The van der Waals surface area contributed by atoms with Crippen molar-refractivity contribution in [2.24, 2.45) is 5.14 Å². The molecule has 1 heterocycles. The van der Waals surface area contributed by atoms with Crippen molar-refractivity contribution in [2.75, 3.05) is 5.73 Å². The van der Waals surface area contributed by atoms with Crippen molar-refractivity contribution in [2.45, 2.75) is 34.8 Å². The predicted octanol–water partition coefficient (Wildman–Crippen LogP) is 0.533. The van der Waals surface area contributed by atoms with Gasteiger partial charge in [0.2, 0.25) is 10.0 Å². The highest BCUT2D eigenvalue weighted by molar-refractivity contribution is 7.99. The first kappa shape index (κ1) is 15.6. The lowest BCUT2D eigenvalue weighted by molar-refractivity contribution is 0.534. The van der Waals surface area contributed by atoms with Crippen molar-refractivity contribution in [1.82, 2.24) is 14.8 Å². The van der Waals surface area contributed by atoms with Crippen LogP contribution in [0.2, 0.25) is 0 Å². The van der Waals surface area contributed by atoms with Crippen LogP contribution in [0.4, 0.5) is 5.69 Å². The van der Waals surface area contributed by atoms with Crippen molar-refractivity contribution in [3.05, 3.63) is 28.7 Å². The smallest absolute Gasteiger partial charge is 0.344 e. The molecule has 0 spiro atoms. The number of nitrogens with two attached hydrogens (primary N) is 2. The first-order chi connectivity index (χ1) is 9.68. The Morgan fingerprint density at radius 1 is 1.33 bits per heavy atom. The Hall–Kier alpha value is -1.78. The molecule has 0 aliphatic heterocycles. The average Bonchev–Trinajstić information content (AvgIpc) is 2.68. The molecule has 1 aromatic heterocycles. The van der Waals surface area contributed by atoms with Gasteiger partial charge in [0.15, 0.2) is 5.16 Å². The van der Waals surface area contributed by atoms with Gasteiger partial charge in [0, 0.05) is 16.6 Å². The first-order valence-corrected chi connectivity index (χ1v) is 8.33. The Morgan fingerprint density at radius 3 is 2.57 bits per heavy atom. The fourth-order valence-corrected chi connectivity index (χ4v) is 3.48. The van der Waals surface area contributed by atoms with E-state index in [0.29, 0.717) is 10.1 Å². The van der Waals surface area contributed by atoms with Crippen LogP contribution in [0.3, 0.4) is 0 Å². The van der Waals surface area contributed by atoms with Crippen LogP contribution in [0.5, 0.6) is 0 Å². The van der Waals surface area contributed by atoms with E-state index in [-0.39, 0.29) is 22.3 Å². The van der Waals surface area contributed by atoms with Gasteiger partial charge in [-0.15, -0.1) is 5.10 Å². The number of nitrogens with zero attached hydrogens (tertiary/aromatic N) is 2. The second-order valence-electron chi connectivity index (χ2n) is 4.66. The zero-order valence-corrected chi connectivity index (χ0v) is 13.0. The highest BCUT2D eigenvalue weighted by Gasteiger charge is 2.15. The molecule has 0 aliphatic rings. The lowest BCUT2D eigenvalue weighted by atomic mass is 10.3. The molecule has 1 aromatic carbocycles. The fraction of sp³-hybridized carbons (Fsp3) is 0.273. The van der Waals surface area contributed by atoms with Gasteiger partial charge in [0.05, 0.1) is 4.90 Å². The van der Waals surface area contributed by atoms with Gasteiger partial charge in [-0.2, -0.15) is 0 Å².